The third-order valence-corrected chi connectivity index (χ3v) is 9.62. The van der Waals surface area contributed by atoms with Crippen molar-refractivity contribution in [1.82, 2.24) is 0 Å². The Bertz CT molecular complexity index is 1960. The lowest BCUT2D eigenvalue weighted by molar-refractivity contribution is -0.120. The third-order valence-electron chi connectivity index (χ3n) is 7.31. The number of anilines is 3. The summed E-state index contributed by atoms with van der Waals surface area (Å²) in [5.74, 6) is -1.27. The Labute approximate surface area is 277 Å². The number of carbonyl (C=O) groups is 3. The zero-order chi connectivity index (χ0) is 33.7. The van der Waals surface area contributed by atoms with Crippen molar-refractivity contribution >= 4 is 56.6 Å². The van der Waals surface area contributed by atoms with Gasteiger partial charge in [0.25, 0.3) is 11.8 Å². The van der Waals surface area contributed by atoms with Gasteiger partial charge in [-0.2, -0.15) is 0 Å². The molecule has 4 aromatic carbocycles. The quantitative estimate of drug-likeness (QED) is 0.127. The Kier molecular flexibility index (Phi) is 10.0. The van der Waals surface area contributed by atoms with Crippen molar-refractivity contribution in [3.05, 3.63) is 124 Å². The predicted molar refractivity (Wildman–Crippen MR) is 183 cm³/mol. The Morgan fingerprint density at radius 2 is 1.55 bits per heavy atom. The molecular formula is C35H33N3O7S2. The van der Waals surface area contributed by atoms with Gasteiger partial charge in [0.05, 0.1) is 31.2 Å². The number of imide groups is 1. The van der Waals surface area contributed by atoms with Gasteiger partial charge >= 0.3 is 5.97 Å². The van der Waals surface area contributed by atoms with Crippen molar-refractivity contribution in [2.45, 2.75) is 30.4 Å². The highest BCUT2D eigenvalue weighted by atomic mass is 32.2. The molecule has 0 fully saturated rings. The van der Waals surface area contributed by atoms with E-state index in [1.807, 2.05) is 24.3 Å². The van der Waals surface area contributed by atoms with Crippen LogP contribution in [0.15, 0.2) is 113 Å². The van der Waals surface area contributed by atoms with Gasteiger partial charge in [0.2, 0.25) is 10.0 Å². The largest absolute Gasteiger partial charge is 0.497 e. The Hall–Kier alpha value is -5.07. The summed E-state index contributed by atoms with van der Waals surface area (Å²) in [6.45, 7) is 4.17. The number of nitrogens with one attached hydrogen (secondary N) is 2. The van der Waals surface area contributed by atoms with E-state index >= 15 is 0 Å². The first-order valence-corrected chi connectivity index (χ1v) is 17.0. The molecule has 0 aromatic heterocycles. The third kappa shape index (κ3) is 7.67. The van der Waals surface area contributed by atoms with Crippen LogP contribution in [0.2, 0.25) is 0 Å². The second-order valence-corrected chi connectivity index (χ2v) is 13.7. The number of benzene rings is 4. The molecule has 47 heavy (non-hydrogen) atoms. The molecule has 242 valence electrons. The molecular weight excluding hydrogens is 639 g/mol. The van der Waals surface area contributed by atoms with Crippen LogP contribution in [0.3, 0.4) is 0 Å². The van der Waals surface area contributed by atoms with E-state index in [1.54, 1.807) is 66.7 Å². The molecule has 1 aliphatic rings. The van der Waals surface area contributed by atoms with Gasteiger partial charge in [-0.25, -0.2) is 18.1 Å². The molecule has 0 radical (unpaired) electrons. The number of sulfonamides is 1. The van der Waals surface area contributed by atoms with Crippen LogP contribution >= 0.6 is 11.8 Å². The van der Waals surface area contributed by atoms with Crippen molar-refractivity contribution in [2.24, 2.45) is 0 Å². The SMILES string of the molecule is COC(=O)c1ccccc1CS(=O)(=O)Nc1cccc(SC2=C(Nc3ccc(C(C)C)cc3)C(=O)N(c3ccc(OC)cc3)C2=O)c1. The summed E-state index contributed by atoms with van der Waals surface area (Å²) in [4.78, 5) is 41.6. The monoisotopic (exact) mass is 671 g/mol. The molecule has 0 atom stereocenters. The summed E-state index contributed by atoms with van der Waals surface area (Å²) >= 11 is 1.04. The normalized spacial score (nSPS) is 13.3. The maximum absolute atomic E-state index is 13.9. The lowest BCUT2D eigenvalue weighted by Crippen LogP contribution is -2.32. The summed E-state index contributed by atoms with van der Waals surface area (Å²) < 4.78 is 38.9. The zero-order valence-corrected chi connectivity index (χ0v) is 27.8. The summed E-state index contributed by atoms with van der Waals surface area (Å²) in [6, 6.07) is 27.0. The fourth-order valence-corrected chi connectivity index (χ4v) is 7.10. The van der Waals surface area contributed by atoms with Crippen LogP contribution in [0.25, 0.3) is 0 Å². The zero-order valence-electron chi connectivity index (χ0n) is 26.1. The second-order valence-electron chi connectivity index (χ2n) is 10.9. The number of carbonyl (C=O) groups excluding carboxylic acids is 3. The minimum absolute atomic E-state index is 0.0958. The predicted octanol–water partition coefficient (Wildman–Crippen LogP) is 6.54. The fourth-order valence-electron chi connectivity index (χ4n) is 4.89. The molecule has 0 saturated heterocycles. The van der Waals surface area contributed by atoms with E-state index < -0.39 is 33.6 Å². The number of thioether (sulfide) groups is 1. The summed E-state index contributed by atoms with van der Waals surface area (Å²) in [5, 5.41) is 3.15. The van der Waals surface area contributed by atoms with Gasteiger partial charge in [-0.05, 0) is 77.7 Å². The number of esters is 1. The van der Waals surface area contributed by atoms with Crippen LogP contribution in [-0.4, -0.2) is 40.4 Å². The number of hydrogen-bond acceptors (Lipinski definition) is 9. The lowest BCUT2D eigenvalue weighted by atomic mass is 10.0. The van der Waals surface area contributed by atoms with Crippen LogP contribution in [0.5, 0.6) is 5.75 Å². The number of rotatable bonds is 12. The molecule has 2 N–H and O–H groups in total. The molecule has 1 heterocycles. The Morgan fingerprint density at radius 3 is 2.21 bits per heavy atom. The van der Waals surface area contributed by atoms with Crippen molar-refractivity contribution in [3.63, 3.8) is 0 Å². The molecule has 0 aliphatic carbocycles. The molecule has 2 amide bonds. The Morgan fingerprint density at radius 1 is 0.851 bits per heavy atom. The van der Waals surface area contributed by atoms with Crippen LogP contribution in [-0.2, 0) is 30.1 Å². The van der Waals surface area contributed by atoms with Crippen LogP contribution in [0, 0.1) is 0 Å². The number of ether oxygens (including phenoxy) is 2. The van der Waals surface area contributed by atoms with E-state index in [-0.39, 0.29) is 27.4 Å². The lowest BCUT2D eigenvalue weighted by Gasteiger charge is -2.16. The first-order valence-electron chi connectivity index (χ1n) is 14.6. The summed E-state index contributed by atoms with van der Waals surface area (Å²) in [7, 11) is -1.20. The maximum atomic E-state index is 13.9. The van der Waals surface area contributed by atoms with Crippen LogP contribution in [0.1, 0.15) is 41.3 Å². The highest BCUT2D eigenvalue weighted by Gasteiger charge is 2.40. The summed E-state index contributed by atoms with van der Waals surface area (Å²) in [5.41, 5.74) is 2.91. The first-order chi connectivity index (χ1) is 22.5. The smallest absolute Gasteiger partial charge is 0.338 e. The van der Waals surface area contributed by atoms with Crippen molar-refractivity contribution < 1.29 is 32.3 Å². The highest BCUT2D eigenvalue weighted by Crippen LogP contribution is 2.39. The van der Waals surface area contributed by atoms with Gasteiger partial charge in [0.1, 0.15) is 16.4 Å². The minimum Gasteiger partial charge on any atom is -0.497 e. The van der Waals surface area contributed by atoms with Gasteiger partial charge in [-0.15, -0.1) is 0 Å². The van der Waals surface area contributed by atoms with Crippen LogP contribution < -0.4 is 19.7 Å². The van der Waals surface area contributed by atoms with Gasteiger partial charge in [0.15, 0.2) is 0 Å². The average Bonchev–Trinajstić information content (AvgIpc) is 3.28. The van der Waals surface area contributed by atoms with E-state index in [0.29, 0.717) is 27.9 Å². The van der Waals surface area contributed by atoms with Gasteiger partial charge in [-0.1, -0.05) is 62.0 Å². The standard InChI is InChI=1S/C35H33N3O7S2/c1-22(2)23-12-14-25(15-13-23)36-31-32(34(40)38(33(31)39)27-16-18-28(44-3)19-17-27)46-29-10-7-9-26(20-29)37-47(42,43)21-24-8-5-6-11-30(24)35(41)45-4/h5-20,22,36-37H,21H2,1-4H3. The van der Waals surface area contributed by atoms with Gasteiger partial charge in [-0.3, -0.25) is 14.3 Å². The molecule has 0 unspecified atom stereocenters. The van der Waals surface area contributed by atoms with E-state index in [2.05, 4.69) is 23.9 Å². The van der Waals surface area contributed by atoms with Crippen molar-refractivity contribution in [1.29, 1.82) is 0 Å². The Balaban J connectivity index is 1.43. The molecule has 10 nitrogen and oxygen atoms in total. The van der Waals surface area contributed by atoms with Crippen molar-refractivity contribution in [3.8, 4) is 5.75 Å². The van der Waals surface area contributed by atoms with Gasteiger partial charge < -0.3 is 14.8 Å². The van der Waals surface area contributed by atoms with Crippen molar-refractivity contribution in [2.75, 3.05) is 29.2 Å². The average molecular weight is 672 g/mol. The van der Waals surface area contributed by atoms with E-state index in [4.69, 9.17) is 9.47 Å². The number of nitrogens with zero attached hydrogens (tertiary/aromatic N) is 1. The number of methoxy groups -OCH3 is 2. The molecule has 0 spiro atoms. The molecule has 0 saturated carbocycles. The molecule has 4 aromatic rings. The molecule has 1 aliphatic heterocycles. The van der Waals surface area contributed by atoms with E-state index in [1.165, 1.54) is 20.3 Å². The molecule has 12 heteroatoms. The first kappa shape index (κ1) is 33.3. The van der Waals surface area contributed by atoms with Crippen LogP contribution in [0.4, 0.5) is 17.1 Å². The summed E-state index contributed by atoms with van der Waals surface area (Å²) in [6.07, 6.45) is 0. The minimum atomic E-state index is -3.96. The molecule has 5 rings (SSSR count). The van der Waals surface area contributed by atoms with E-state index in [0.717, 1.165) is 22.2 Å². The van der Waals surface area contributed by atoms with E-state index in [9.17, 15) is 22.8 Å². The van der Waals surface area contributed by atoms with Gasteiger partial charge in [0, 0.05) is 16.3 Å². The number of amides is 2. The number of hydrogen-bond donors (Lipinski definition) is 2. The maximum Gasteiger partial charge on any atom is 0.338 e. The molecule has 0 bridgehead atoms. The second kappa shape index (κ2) is 14.1. The highest BCUT2D eigenvalue weighted by molar-refractivity contribution is 8.04. The fraction of sp³-hybridized carbons (Fsp3) is 0.171. The topological polar surface area (TPSA) is 131 Å².